The highest BCUT2D eigenvalue weighted by atomic mass is 16.6. The number of carbonyl (C=O) groups is 1. The number of hydrogen-bond acceptors (Lipinski definition) is 5. The van der Waals surface area contributed by atoms with Gasteiger partial charge in [0.1, 0.15) is 11.4 Å². The molecule has 1 atom stereocenters. The van der Waals surface area contributed by atoms with Gasteiger partial charge in [-0.15, -0.1) is 0 Å². The number of nitrogens with zero attached hydrogens (tertiary/aromatic N) is 1. The molecule has 6 heteroatoms. The summed E-state index contributed by atoms with van der Waals surface area (Å²) in [5.74, 6) is 1.57. The monoisotopic (exact) mass is 323 g/mol. The van der Waals surface area contributed by atoms with E-state index in [9.17, 15) is 4.79 Å². The fraction of sp³-hybridized carbons (Fsp3) is 0.765. The first-order valence-electron chi connectivity index (χ1n) is 8.41. The van der Waals surface area contributed by atoms with E-state index < -0.39 is 5.60 Å². The van der Waals surface area contributed by atoms with Crippen LogP contribution in [-0.4, -0.2) is 28.8 Å². The molecule has 1 aromatic heterocycles. The zero-order valence-corrected chi connectivity index (χ0v) is 14.8. The van der Waals surface area contributed by atoms with E-state index in [4.69, 9.17) is 9.15 Å². The highest BCUT2D eigenvalue weighted by Gasteiger charge is 2.26. The van der Waals surface area contributed by atoms with Crippen LogP contribution in [0.1, 0.15) is 71.1 Å². The van der Waals surface area contributed by atoms with Crippen molar-refractivity contribution in [3.63, 3.8) is 0 Å². The van der Waals surface area contributed by atoms with Crippen molar-refractivity contribution in [2.24, 2.45) is 0 Å². The summed E-state index contributed by atoms with van der Waals surface area (Å²) in [6.45, 7) is 9.59. The Morgan fingerprint density at radius 2 is 1.91 bits per heavy atom. The number of alkyl carbamates (subject to hydrolysis) is 1. The lowest BCUT2D eigenvalue weighted by atomic mass is 9.91. The Hall–Kier alpha value is -1.56. The van der Waals surface area contributed by atoms with Gasteiger partial charge in [-0.1, -0.05) is 0 Å². The lowest BCUT2D eigenvalue weighted by Gasteiger charge is -2.31. The van der Waals surface area contributed by atoms with Gasteiger partial charge in [0, 0.05) is 12.1 Å². The molecule has 0 aromatic carbocycles. The summed E-state index contributed by atoms with van der Waals surface area (Å²) >= 11 is 0. The minimum Gasteiger partial charge on any atom is -0.444 e. The lowest BCUT2D eigenvalue weighted by Crippen LogP contribution is -2.44. The van der Waals surface area contributed by atoms with Gasteiger partial charge in [0.25, 0.3) is 0 Å². The van der Waals surface area contributed by atoms with E-state index in [0.29, 0.717) is 6.04 Å². The molecule has 0 radical (unpaired) electrons. The Morgan fingerprint density at radius 3 is 2.43 bits per heavy atom. The van der Waals surface area contributed by atoms with Gasteiger partial charge in [-0.25, -0.2) is 9.78 Å². The Bertz CT molecular complexity index is 513. The summed E-state index contributed by atoms with van der Waals surface area (Å²) in [7, 11) is 0. The van der Waals surface area contributed by atoms with Crippen LogP contribution in [0.5, 0.6) is 0 Å². The van der Waals surface area contributed by atoms with Crippen LogP contribution in [0.2, 0.25) is 0 Å². The molecule has 1 aromatic rings. The quantitative estimate of drug-likeness (QED) is 0.887. The topological polar surface area (TPSA) is 76.4 Å². The minimum atomic E-state index is -0.452. The first-order valence-corrected chi connectivity index (χ1v) is 8.41. The predicted octanol–water partition coefficient (Wildman–Crippen LogP) is 3.47. The molecule has 2 N–H and O–H groups in total. The maximum absolute atomic E-state index is 11.8. The Labute approximate surface area is 138 Å². The van der Waals surface area contributed by atoms with Crippen molar-refractivity contribution in [2.75, 3.05) is 0 Å². The van der Waals surface area contributed by atoms with Gasteiger partial charge in [-0.3, -0.25) is 0 Å². The van der Waals surface area contributed by atoms with Gasteiger partial charge < -0.3 is 19.8 Å². The summed E-state index contributed by atoms with van der Waals surface area (Å²) in [5, 5.41) is 6.52. The van der Waals surface area contributed by atoms with Gasteiger partial charge in [-0.2, -0.15) is 0 Å². The predicted molar refractivity (Wildman–Crippen MR) is 88.2 cm³/mol. The zero-order valence-electron chi connectivity index (χ0n) is 14.8. The molecule has 6 nitrogen and oxygen atoms in total. The first kappa shape index (κ1) is 17.8. The van der Waals surface area contributed by atoms with E-state index >= 15 is 0 Å². The van der Waals surface area contributed by atoms with Crippen molar-refractivity contribution < 1.29 is 13.9 Å². The third-order valence-electron chi connectivity index (χ3n) is 3.94. The van der Waals surface area contributed by atoms with Gasteiger partial charge >= 0.3 is 6.09 Å². The number of nitrogens with one attached hydrogen (secondary N) is 2. The second-order valence-electron chi connectivity index (χ2n) is 7.39. The van der Waals surface area contributed by atoms with Crippen LogP contribution in [0.15, 0.2) is 10.6 Å². The van der Waals surface area contributed by atoms with Crippen LogP contribution in [0.3, 0.4) is 0 Å². The van der Waals surface area contributed by atoms with E-state index in [1.807, 2.05) is 27.7 Å². The maximum Gasteiger partial charge on any atom is 0.407 e. The minimum absolute atomic E-state index is 0.101. The largest absolute Gasteiger partial charge is 0.444 e. The van der Waals surface area contributed by atoms with Crippen molar-refractivity contribution in [3.05, 3.63) is 17.8 Å². The second kappa shape index (κ2) is 7.34. The smallest absolute Gasteiger partial charge is 0.407 e. The van der Waals surface area contributed by atoms with Crippen molar-refractivity contribution in [1.82, 2.24) is 15.6 Å². The van der Waals surface area contributed by atoms with Crippen LogP contribution >= 0.6 is 0 Å². The highest BCUT2D eigenvalue weighted by molar-refractivity contribution is 5.68. The molecule has 1 saturated carbocycles. The van der Waals surface area contributed by atoms with Gasteiger partial charge in [0.15, 0.2) is 0 Å². The molecule has 23 heavy (non-hydrogen) atoms. The van der Waals surface area contributed by atoms with Crippen molar-refractivity contribution in [1.29, 1.82) is 0 Å². The zero-order chi connectivity index (χ0) is 17.0. The van der Waals surface area contributed by atoms with Crippen molar-refractivity contribution in [3.8, 4) is 0 Å². The number of amides is 1. The maximum atomic E-state index is 11.8. The molecule has 1 unspecified atom stereocenters. The number of oxazole rings is 1. The summed E-state index contributed by atoms with van der Waals surface area (Å²) in [6.07, 6.45) is 5.37. The van der Waals surface area contributed by atoms with Gasteiger partial charge in [-0.05, 0) is 60.3 Å². The number of ether oxygens (including phenoxy) is 1. The van der Waals surface area contributed by atoms with E-state index in [1.165, 1.54) is 0 Å². The molecule has 1 fully saturated rings. The average molecular weight is 323 g/mol. The SMILES string of the molecule is Cc1cnc(C(C)NC2CCC(NC(=O)OC(C)(C)C)CC2)o1. The second-order valence-corrected chi connectivity index (χ2v) is 7.39. The molecule has 130 valence electrons. The van der Waals surface area contributed by atoms with Crippen molar-refractivity contribution in [2.45, 2.75) is 84.0 Å². The third-order valence-corrected chi connectivity index (χ3v) is 3.94. The first-order chi connectivity index (χ1) is 10.7. The number of aromatic nitrogens is 1. The lowest BCUT2D eigenvalue weighted by molar-refractivity contribution is 0.0489. The molecular weight excluding hydrogens is 294 g/mol. The van der Waals surface area contributed by atoms with Crippen molar-refractivity contribution >= 4 is 6.09 Å². The van der Waals surface area contributed by atoms with Crippen LogP contribution in [0.4, 0.5) is 4.79 Å². The third kappa shape index (κ3) is 5.86. The molecule has 0 spiro atoms. The average Bonchev–Trinajstić information content (AvgIpc) is 2.85. The number of aryl methyl sites for hydroxylation is 1. The fourth-order valence-corrected chi connectivity index (χ4v) is 2.88. The molecule has 0 saturated heterocycles. The van der Waals surface area contributed by atoms with Crippen LogP contribution < -0.4 is 10.6 Å². The van der Waals surface area contributed by atoms with Gasteiger partial charge in [0.2, 0.25) is 5.89 Å². The molecule has 0 bridgehead atoms. The summed E-state index contributed by atoms with van der Waals surface area (Å²) in [4.78, 5) is 16.1. The molecule has 0 aliphatic heterocycles. The normalized spacial score (nSPS) is 23.3. The number of carbonyl (C=O) groups excluding carboxylic acids is 1. The summed E-state index contributed by atoms with van der Waals surface area (Å²) < 4.78 is 10.9. The molecule has 1 amide bonds. The molecule has 2 rings (SSSR count). The van der Waals surface area contributed by atoms with E-state index in [-0.39, 0.29) is 18.2 Å². The van der Waals surface area contributed by atoms with Gasteiger partial charge in [0.05, 0.1) is 12.2 Å². The molecule has 1 aliphatic rings. The summed E-state index contributed by atoms with van der Waals surface area (Å²) in [6, 6.07) is 0.722. The molecule has 1 heterocycles. The summed E-state index contributed by atoms with van der Waals surface area (Å²) in [5.41, 5.74) is -0.452. The standard InChI is InChI=1S/C17H29N3O3/c1-11-10-18-15(22-11)12(2)19-13-6-8-14(9-7-13)20-16(21)23-17(3,4)5/h10,12-14,19H,6-9H2,1-5H3,(H,20,21). The van der Waals surface area contributed by atoms with E-state index in [2.05, 4.69) is 22.5 Å². The fourth-order valence-electron chi connectivity index (χ4n) is 2.88. The Morgan fingerprint density at radius 1 is 1.30 bits per heavy atom. The Kier molecular flexibility index (Phi) is 5.68. The van der Waals surface area contributed by atoms with Crippen LogP contribution in [-0.2, 0) is 4.74 Å². The van der Waals surface area contributed by atoms with Crippen LogP contribution in [0.25, 0.3) is 0 Å². The highest BCUT2D eigenvalue weighted by Crippen LogP contribution is 2.22. The number of rotatable bonds is 4. The van der Waals surface area contributed by atoms with Crippen LogP contribution in [0, 0.1) is 6.92 Å². The number of hydrogen-bond donors (Lipinski definition) is 2. The Balaban J connectivity index is 1.72. The van der Waals surface area contributed by atoms with E-state index in [1.54, 1.807) is 6.20 Å². The van der Waals surface area contributed by atoms with E-state index in [0.717, 1.165) is 37.3 Å². The molecule has 1 aliphatic carbocycles. The molecular formula is C17H29N3O3.